The van der Waals surface area contributed by atoms with Crippen molar-refractivity contribution in [3.63, 3.8) is 0 Å². The van der Waals surface area contributed by atoms with Crippen molar-refractivity contribution in [1.29, 1.82) is 0 Å². The van der Waals surface area contributed by atoms with Crippen LogP contribution in [0, 0.1) is 0 Å². The average molecular weight is 268 g/mol. The number of carbonyl (C=O) groups is 2. The van der Waals surface area contributed by atoms with Crippen molar-refractivity contribution in [2.24, 2.45) is 0 Å². The second-order valence-electron chi connectivity index (χ2n) is 3.54. The van der Waals surface area contributed by atoms with Crippen molar-refractivity contribution >= 4 is 27.6 Å². The Hall–Kier alpha value is -1.16. The molecule has 15 heavy (non-hydrogen) atoms. The fourth-order valence-corrected chi connectivity index (χ4v) is 1.91. The highest BCUT2D eigenvalue weighted by Gasteiger charge is 2.25. The Morgan fingerprint density at radius 3 is 2.47 bits per heavy atom. The third kappa shape index (κ3) is 2.26. The lowest BCUT2D eigenvalue weighted by molar-refractivity contribution is -0.140. The molecule has 1 atom stereocenters. The molecule has 1 unspecified atom stereocenters. The van der Waals surface area contributed by atoms with Gasteiger partial charge in [-0.3, -0.25) is 9.59 Å². The summed E-state index contributed by atoms with van der Waals surface area (Å²) in [5, 5.41) is 2.70. The van der Waals surface area contributed by atoms with E-state index < -0.39 is 5.91 Å². The molecule has 1 aliphatic rings. The second kappa shape index (κ2) is 4.14. The molecule has 0 saturated carbocycles. The Bertz CT molecular complexity index is 400. The zero-order chi connectivity index (χ0) is 10.8. The van der Waals surface area contributed by atoms with Crippen LogP contribution in [0.4, 0.5) is 0 Å². The van der Waals surface area contributed by atoms with Crippen LogP contribution in [0.5, 0.6) is 0 Å². The highest BCUT2D eigenvalue weighted by molar-refractivity contribution is 9.10. The summed E-state index contributed by atoms with van der Waals surface area (Å²) in [4.78, 5) is 22.2. The van der Waals surface area contributed by atoms with Gasteiger partial charge >= 0.3 is 0 Å². The summed E-state index contributed by atoms with van der Waals surface area (Å²) in [7, 11) is 0. The molecule has 0 spiro atoms. The van der Waals surface area contributed by atoms with Crippen LogP contribution in [0.3, 0.4) is 0 Å². The average Bonchev–Trinajstić information content (AvgIpc) is 2.23. The third-order valence-corrected chi connectivity index (χ3v) is 3.02. The van der Waals surface area contributed by atoms with E-state index in [9.17, 15) is 9.59 Å². The molecule has 0 bridgehead atoms. The van der Waals surface area contributed by atoms with Gasteiger partial charge in [-0.05, 0) is 24.1 Å². The number of ketones is 1. The van der Waals surface area contributed by atoms with E-state index in [2.05, 4.69) is 21.2 Å². The molecule has 1 aromatic carbocycles. The van der Waals surface area contributed by atoms with Gasteiger partial charge in [0.25, 0.3) is 5.91 Å². The van der Waals surface area contributed by atoms with Gasteiger partial charge in [-0.1, -0.05) is 28.1 Å². The highest BCUT2D eigenvalue weighted by atomic mass is 79.9. The lowest BCUT2D eigenvalue weighted by atomic mass is 9.97. The molecule has 0 aliphatic carbocycles. The van der Waals surface area contributed by atoms with Crippen LogP contribution in [-0.4, -0.2) is 11.7 Å². The van der Waals surface area contributed by atoms with Gasteiger partial charge in [-0.2, -0.15) is 0 Å². The van der Waals surface area contributed by atoms with Crippen molar-refractivity contribution < 1.29 is 9.59 Å². The van der Waals surface area contributed by atoms with Crippen LogP contribution >= 0.6 is 15.9 Å². The number of hydrogen-bond donors (Lipinski definition) is 1. The molecule has 1 fully saturated rings. The molecular weight excluding hydrogens is 258 g/mol. The summed E-state index contributed by atoms with van der Waals surface area (Å²) < 4.78 is 1.00. The van der Waals surface area contributed by atoms with E-state index in [1.807, 2.05) is 24.3 Å². The normalized spacial score (nSPS) is 21.3. The van der Waals surface area contributed by atoms with E-state index in [1.54, 1.807) is 0 Å². The van der Waals surface area contributed by atoms with Gasteiger partial charge in [-0.25, -0.2) is 0 Å². The predicted octanol–water partition coefficient (Wildman–Crippen LogP) is 1.97. The van der Waals surface area contributed by atoms with Gasteiger partial charge in [0.05, 0.1) is 6.04 Å². The predicted molar refractivity (Wildman–Crippen MR) is 59.3 cm³/mol. The maximum absolute atomic E-state index is 11.2. The molecule has 4 heteroatoms. The van der Waals surface area contributed by atoms with Crippen LogP contribution in [-0.2, 0) is 9.59 Å². The summed E-state index contributed by atoms with van der Waals surface area (Å²) in [6.45, 7) is 0. The Morgan fingerprint density at radius 2 is 1.87 bits per heavy atom. The van der Waals surface area contributed by atoms with Gasteiger partial charge < -0.3 is 5.32 Å². The van der Waals surface area contributed by atoms with E-state index in [0.717, 1.165) is 10.0 Å². The lowest BCUT2D eigenvalue weighted by Gasteiger charge is -2.22. The Morgan fingerprint density at radius 1 is 1.20 bits per heavy atom. The molecule has 0 aromatic heterocycles. The first-order chi connectivity index (χ1) is 7.16. The molecule has 1 saturated heterocycles. The van der Waals surface area contributed by atoms with Crippen LogP contribution in [0.1, 0.15) is 24.4 Å². The zero-order valence-corrected chi connectivity index (χ0v) is 9.58. The summed E-state index contributed by atoms with van der Waals surface area (Å²) in [5.41, 5.74) is 1.04. The van der Waals surface area contributed by atoms with Crippen LogP contribution in [0.25, 0.3) is 0 Å². The number of hydrogen-bond acceptors (Lipinski definition) is 2. The largest absolute Gasteiger partial charge is 0.343 e. The van der Waals surface area contributed by atoms with Crippen molar-refractivity contribution in [1.82, 2.24) is 5.32 Å². The van der Waals surface area contributed by atoms with Crippen molar-refractivity contribution in [2.45, 2.75) is 18.9 Å². The molecule has 78 valence electrons. The minimum atomic E-state index is -0.464. The molecule has 2 rings (SSSR count). The Labute approximate surface area is 96.0 Å². The quantitative estimate of drug-likeness (QED) is 0.791. The van der Waals surface area contributed by atoms with Gasteiger partial charge in [-0.15, -0.1) is 0 Å². The van der Waals surface area contributed by atoms with Gasteiger partial charge in [0.15, 0.2) is 0 Å². The monoisotopic (exact) mass is 267 g/mol. The zero-order valence-electron chi connectivity index (χ0n) is 8.00. The number of piperidine rings is 1. The number of halogens is 1. The summed E-state index contributed by atoms with van der Waals surface area (Å²) >= 11 is 3.35. The molecule has 1 aliphatic heterocycles. The first-order valence-corrected chi connectivity index (χ1v) is 5.55. The molecule has 1 heterocycles. The lowest BCUT2D eigenvalue weighted by Crippen LogP contribution is -2.39. The van der Waals surface area contributed by atoms with E-state index >= 15 is 0 Å². The third-order valence-electron chi connectivity index (χ3n) is 2.49. The van der Waals surface area contributed by atoms with E-state index in [0.29, 0.717) is 12.8 Å². The number of carbonyl (C=O) groups excluding carboxylic acids is 2. The Balaban J connectivity index is 2.15. The van der Waals surface area contributed by atoms with E-state index in [1.165, 1.54) is 0 Å². The van der Waals surface area contributed by atoms with Crippen LogP contribution in [0.15, 0.2) is 28.7 Å². The summed E-state index contributed by atoms with van der Waals surface area (Å²) in [6, 6.07) is 7.73. The molecular formula is C11H10BrNO2. The summed E-state index contributed by atoms with van der Waals surface area (Å²) in [6.07, 6.45) is 1.03. The smallest absolute Gasteiger partial charge is 0.287 e. The summed E-state index contributed by atoms with van der Waals surface area (Å²) in [5.74, 6) is -0.780. The van der Waals surface area contributed by atoms with Gasteiger partial charge in [0, 0.05) is 10.9 Å². The molecule has 1 amide bonds. The second-order valence-corrected chi connectivity index (χ2v) is 4.46. The topological polar surface area (TPSA) is 46.2 Å². The SMILES string of the molecule is O=C1CCC(c2ccc(Br)cc2)NC1=O. The van der Waals surface area contributed by atoms with Crippen LogP contribution in [0.2, 0.25) is 0 Å². The Kier molecular flexibility index (Phi) is 2.86. The van der Waals surface area contributed by atoms with E-state index in [4.69, 9.17) is 0 Å². The van der Waals surface area contributed by atoms with E-state index in [-0.39, 0.29) is 11.8 Å². The number of nitrogens with one attached hydrogen (secondary N) is 1. The first-order valence-electron chi connectivity index (χ1n) is 4.76. The number of Topliss-reactive ketones (excluding diaryl/α,β-unsaturated/α-hetero) is 1. The number of rotatable bonds is 1. The maximum Gasteiger partial charge on any atom is 0.287 e. The standard InChI is InChI=1S/C11H10BrNO2/c12-8-3-1-7(2-4-8)9-5-6-10(14)11(15)13-9/h1-4,9H,5-6H2,(H,13,15). The minimum absolute atomic E-state index is 0.0247. The van der Waals surface area contributed by atoms with Crippen molar-refractivity contribution in [3.8, 4) is 0 Å². The first kappa shape index (κ1) is 10.4. The molecule has 1 N–H and O–H groups in total. The maximum atomic E-state index is 11.2. The highest BCUT2D eigenvalue weighted by Crippen LogP contribution is 2.23. The fourth-order valence-electron chi connectivity index (χ4n) is 1.64. The number of amides is 1. The van der Waals surface area contributed by atoms with Gasteiger partial charge in [0.2, 0.25) is 5.78 Å². The van der Waals surface area contributed by atoms with Crippen LogP contribution < -0.4 is 5.32 Å². The van der Waals surface area contributed by atoms with Gasteiger partial charge in [0.1, 0.15) is 0 Å². The molecule has 1 aromatic rings. The molecule has 3 nitrogen and oxygen atoms in total. The van der Waals surface area contributed by atoms with Crippen molar-refractivity contribution in [2.75, 3.05) is 0 Å². The molecule has 0 radical (unpaired) electrons. The number of benzene rings is 1. The fraction of sp³-hybridized carbons (Fsp3) is 0.273. The van der Waals surface area contributed by atoms with Crippen molar-refractivity contribution in [3.05, 3.63) is 34.3 Å². The minimum Gasteiger partial charge on any atom is -0.343 e.